The second kappa shape index (κ2) is 11.1. The number of hydrogen-bond acceptors (Lipinski definition) is 8. The van der Waals surface area contributed by atoms with Gasteiger partial charge in [0.05, 0.1) is 9.79 Å². The summed E-state index contributed by atoms with van der Waals surface area (Å²) >= 11 is 0. The van der Waals surface area contributed by atoms with Crippen LogP contribution in [-0.4, -0.2) is 68.3 Å². The van der Waals surface area contributed by atoms with E-state index < -0.39 is 20.0 Å². The first-order chi connectivity index (χ1) is 19.4. The minimum atomic E-state index is -3.85. The molecule has 5 rings (SSSR count). The number of oxime groups is 2. The quantitative estimate of drug-likeness (QED) is 0.346. The molecule has 41 heavy (non-hydrogen) atoms. The Morgan fingerprint density at radius 2 is 1.10 bits per heavy atom. The fourth-order valence-electron chi connectivity index (χ4n) is 6.64. The first-order valence-electron chi connectivity index (χ1n) is 13.9. The molecule has 3 aliphatic rings. The van der Waals surface area contributed by atoms with Crippen molar-refractivity contribution < 1.29 is 26.9 Å². The maximum atomic E-state index is 13.7. The summed E-state index contributed by atoms with van der Waals surface area (Å²) in [6, 6.07) is 9.14. The van der Waals surface area contributed by atoms with Gasteiger partial charge < -0.3 is 10.0 Å². The van der Waals surface area contributed by atoms with Gasteiger partial charge in [-0.15, -0.1) is 0 Å². The van der Waals surface area contributed by atoms with E-state index in [1.54, 1.807) is 12.1 Å². The van der Waals surface area contributed by atoms with Gasteiger partial charge in [-0.1, -0.05) is 50.1 Å². The zero-order chi connectivity index (χ0) is 29.7. The second-order valence-corrected chi connectivity index (χ2v) is 15.8. The van der Waals surface area contributed by atoms with E-state index in [9.17, 15) is 22.0 Å². The SMILES string of the molecule is [CH2]ON=C1c2ccc(S(=O)(=O)N3C[C@H](C)C[C@H](C)C3)cc2C(=NO)c2cc(S(=O)(=O)N3C[C@H](C)C[C@H](C)C3)ccc21. The highest BCUT2D eigenvalue weighted by molar-refractivity contribution is 7.89. The van der Waals surface area contributed by atoms with Gasteiger partial charge in [0.2, 0.25) is 20.0 Å². The molecular formula is C29H37N4O6S2. The van der Waals surface area contributed by atoms with Crippen LogP contribution in [0.5, 0.6) is 0 Å². The predicted molar refractivity (Wildman–Crippen MR) is 156 cm³/mol. The molecule has 0 bridgehead atoms. The maximum Gasteiger partial charge on any atom is 0.243 e. The lowest BCUT2D eigenvalue weighted by Crippen LogP contribution is -2.42. The Bertz CT molecular complexity index is 1490. The number of hydrogen-bond donors (Lipinski definition) is 1. The summed E-state index contributed by atoms with van der Waals surface area (Å²) < 4.78 is 57.8. The van der Waals surface area contributed by atoms with Crippen LogP contribution in [0.15, 0.2) is 56.5 Å². The maximum absolute atomic E-state index is 13.7. The zero-order valence-electron chi connectivity index (χ0n) is 23.8. The van der Waals surface area contributed by atoms with Gasteiger partial charge in [0, 0.05) is 48.4 Å². The highest BCUT2D eigenvalue weighted by Crippen LogP contribution is 2.35. The highest BCUT2D eigenvalue weighted by atomic mass is 32.2. The highest BCUT2D eigenvalue weighted by Gasteiger charge is 2.36. The van der Waals surface area contributed by atoms with Crippen molar-refractivity contribution in [3.8, 4) is 0 Å². The smallest absolute Gasteiger partial charge is 0.243 e. The van der Waals surface area contributed by atoms with Gasteiger partial charge in [0.1, 0.15) is 11.4 Å². The monoisotopic (exact) mass is 601 g/mol. The fourth-order valence-corrected chi connectivity index (χ4v) is 10.0. The van der Waals surface area contributed by atoms with Gasteiger partial charge in [0.25, 0.3) is 0 Å². The van der Waals surface area contributed by atoms with Gasteiger partial charge in [-0.25, -0.2) is 16.8 Å². The van der Waals surface area contributed by atoms with Crippen molar-refractivity contribution in [2.24, 2.45) is 34.0 Å². The summed E-state index contributed by atoms with van der Waals surface area (Å²) in [5.74, 6) is 0.914. The molecule has 0 spiro atoms. The topological polar surface area (TPSA) is 129 Å². The fraction of sp³-hybridized carbons (Fsp3) is 0.483. The van der Waals surface area contributed by atoms with E-state index in [1.807, 2.05) is 27.7 Å². The first kappa shape index (κ1) is 29.7. The van der Waals surface area contributed by atoms with Crippen LogP contribution >= 0.6 is 0 Å². The van der Waals surface area contributed by atoms with Crippen LogP contribution in [0.1, 0.15) is 62.8 Å². The number of sulfonamides is 2. The van der Waals surface area contributed by atoms with Gasteiger partial charge in [0.15, 0.2) is 7.11 Å². The Hall–Kier alpha value is -2.80. The minimum absolute atomic E-state index is 0.0490. The number of fused-ring (bicyclic) bond motifs is 2. The normalized spacial score (nSPS) is 25.8. The Morgan fingerprint density at radius 3 is 1.44 bits per heavy atom. The molecule has 0 unspecified atom stereocenters. The molecule has 10 nitrogen and oxygen atoms in total. The Labute approximate surface area is 242 Å². The lowest BCUT2D eigenvalue weighted by Gasteiger charge is -2.34. The lowest BCUT2D eigenvalue weighted by molar-refractivity contribution is 0.222. The standard InChI is InChI=1S/C29H37N4O6S2/c1-18-10-19(2)15-32(14-18)40(35,36)22-6-8-24-26(12-22)28(30-34)27-13-23(7-9-25(27)29(24)31-39-5)41(37,38)33-16-20(3)11-21(4)17-33/h6-9,12-13,18-21,34H,5,10-11,14-17H2,1-4H3/t18-,19+,20-,21+. The molecule has 2 heterocycles. The third kappa shape index (κ3) is 5.42. The average molecular weight is 602 g/mol. The van der Waals surface area contributed by atoms with E-state index in [0.29, 0.717) is 54.1 Å². The molecule has 0 aromatic heterocycles. The zero-order valence-corrected chi connectivity index (χ0v) is 25.5. The van der Waals surface area contributed by atoms with Crippen LogP contribution in [0.2, 0.25) is 0 Å². The van der Waals surface area contributed by atoms with Crippen molar-refractivity contribution in [3.05, 3.63) is 65.8 Å². The second-order valence-electron chi connectivity index (χ2n) is 12.0. The van der Waals surface area contributed by atoms with Crippen LogP contribution < -0.4 is 0 Å². The largest absolute Gasteiger partial charge is 0.410 e. The third-order valence-electron chi connectivity index (χ3n) is 8.20. The summed E-state index contributed by atoms with van der Waals surface area (Å²) in [7, 11) is -4.33. The molecule has 2 saturated heterocycles. The van der Waals surface area contributed by atoms with E-state index in [1.165, 1.54) is 32.9 Å². The molecule has 4 atom stereocenters. The molecule has 2 aliphatic heterocycles. The Balaban J connectivity index is 1.61. The lowest BCUT2D eigenvalue weighted by atomic mass is 9.83. The Kier molecular flexibility index (Phi) is 8.05. The number of rotatable bonds is 5. The summed E-state index contributed by atoms with van der Waals surface area (Å²) in [6.07, 6.45) is 1.92. The molecule has 1 aliphatic carbocycles. The molecule has 221 valence electrons. The van der Waals surface area contributed by atoms with E-state index in [0.717, 1.165) is 12.8 Å². The number of nitrogens with zero attached hydrogens (tertiary/aromatic N) is 4. The molecule has 2 aromatic carbocycles. The van der Waals surface area contributed by atoms with Crippen molar-refractivity contribution in [1.82, 2.24) is 8.61 Å². The van der Waals surface area contributed by atoms with Crippen LogP contribution in [-0.2, 0) is 24.9 Å². The molecule has 1 N–H and O–H groups in total. The van der Waals surface area contributed by atoms with Crippen molar-refractivity contribution in [1.29, 1.82) is 0 Å². The minimum Gasteiger partial charge on any atom is -0.410 e. The Morgan fingerprint density at radius 1 is 0.707 bits per heavy atom. The van der Waals surface area contributed by atoms with Crippen molar-refractivity contribution in [3.63, 3.8) is 0 Å². The van der Waals surface area contributed by atoms with Crippen LogP contribution in [0.25, 0.3) is 0 Å². The summed E-state index contributed by atoms with van der Waals surface area (Å²) in [5, 5.41) is 17.8. The van der Waals surface area contributed by atoms with Gasteiger partial charge >= 0.3 is 0 Å². The van der Waals surface area contributed by atoms with Gasteiger partial charge in [-0.05, 0) is 60.8 Å². The van der Waals surface area contributed by atoms with E-state index >= 15 is 0 Å². The molecule has 0 amide bonds. The van der Waals surface area contributed by atoms with Crippen LogP contribution in [0.3, 0.4) is 0 Å². The average Bonchev–Trinajstić information content (AvgIpc) is 2.91. The number of benzene rings is 2. The molecule has 12 heteroatoms. The van der Waals surface area contributed by atoms with Crippen LogP contribution in [0.4, 0.5) is 0 Å². The van der Waals surface area contributed by atoms with E-state index in [4.69, 9.17) is 4.84 Å². The summed E-state index contributed by atoms with van der Waals surface area (Å²) in [4.78, 5) is 4.98. The molecule has 2 fully saturated rings. The van der Waals surface area contributed by atoms with Gasteiger partial charge in [-0.2, -0.15) is 8.61 Å². The molecule has 0 saturated carbocycles. The first-order valence-corrected chi connectivity index (χ1v) is 16.8. The molecule has 2 aromatic rings. The summed E-state index contributed by atoms with van der Waals surface area (Å²) in [5.41, 5.74) is 1.92. The van der Waals surface area contributed by atoms with Crippen LogP contribution in [0, 0.1) is 30.8 Å². The van der Waals surface area contributed by atoms with E-state index in [-0.39, 0.29) is 39.2 Å². The molecular weight excluding hydrogens is 564 g/mol. The van der Waals surface area contributed by atoms with E-state index in [2.05, 4.69) is 17.4 Å². The third-order valence-corrected chi connectivity index (χ3v) is 11.9. The van der Waals surface area contributed by atoms with Gasteiger partial charge in [-0.3, -0.25) is 0 Å². The predicted octanol–water partition coefficient (Wildman–Crippen LogP) is 4.12. The number of piperidine rings is 2. The van der Waals surface area contributed by atoms with Crippen molar-refractivity contribution in [2.75, 3.05) is 26.2 Å². The van der Waals surface area contributed by atoms with Crippen molar-refractivity contribution in [2.45, 2.75) is 50.3 Å². The summed E-state index contributed by atoms with van der Waals surface area (Å²) in [6.45, 7) is 9.84. The van der Waals surface area contributed by atoms with Crippen molar-refractivity contribution >= 4 is 31.5 Å². The molecule has 1 radical (unpaired) electrons.